The zero-order chi connectivity index (χ0) is 34.8. The van der Waals surface area contributed by atoms with E-state index >= 15 is 0 Å². The smallest absolute Gasteiger partial charge is 0.420 e. The summed E-state index contributed by atoms with van der Waals surface area (Å²) in [6, 6.07) is 11.6. The molecule has 11 heteroatoms. The van der Waals surface area contributed by atoms with Crippen molar-refractivity contribution in [1.82, 2.24) is 24.8 Å². The number of benzene rings is 1. The molecule has 0 bridgehead atoms. The van der Waals surface area contributed by atoms with Crippen molar-refractivity contribution in [3.63, 3.8) is 0 Å². The van der Waals surface area contributed by atoms with Gasteiger partial charge in [0.2, 0.25) is 0 Å². The molecule has 2 aromatic heterocycles. The zero-order valence-corrected chi connectivity index (χ0v) is 29.6. The van der Waals surface area contributed by atoms with E-state index in [4.69, 9.17) is 14.2 Å². The summed E-state index contributed by atoms with van der Waals surface area (Å²) in [7, 11) is 0. The number of ether oxygens (including phenoxy) is 3. The van der Waals surface area contributed by atoms with Gasteiger partial charge < -0.3 is 19.5 Å². The first kappa shape index (κ1) is 37.5. The number of rotatable bonds is 7. The molecule has 0 saturated carbocycles. The second kappa shape index (κ2) is 16.2. The Kier molecular flexibility index (Phi) is 12.9. The molecule has 1 N–H and O–H groups in total. The lowest BCUT2D eigenvalue weighted by Crippen LogP contribution is -2.44. The van der Waals surface area contributed by atoms with Gasteiger partial charge in [0, 0.05) is 18.4 Å². The first-order chi connectivity index (χ1) is 21.9. The molecule has 0 fully saturated rings. The van der Waals surface area contributed by atoms with Crippen molar-refractivity contribution in [3.05, 3.63) is 59.7 Å². The van der Waals surface area contributed by atoms with Crippen LogP contribution >= 0.6 is 0 Å². The Morgan fingerprint density at radius 2 is 1.43 bits per heavy atom. The molecule has 0 aliphatic heterocycles. The molecule has 4 rings (SSSR count). The van der Waals surface area contributed by atoms with E-state index in [9.17, 15) is 14.4 Å². The number of imide groups is 1. The molecule has 47 heavy (non-hydrogen) atoms. The van der Waals surface area contributed by atoms with Crippen LogP contribution in [0.3, 0.4) is 0 Å². The molecule has 1 aliphatic rings. The third-order valence-electron chi connectivity index (χ3n) is 6.80. The molecule has 2 amide bonds. The Bertz CT molecular complexity index is 1440. The number of imidazole rings is 1. The second-order valence-corrected chi connectivity index (χ2v) is 14.6. The van der Waals surface area contributed by atoms with Crippen LogP contribution in [0, 0.1) is 0 Å². The number of fused-ring (bicyclic) bond motifs is 2. The van der Waals surface area contributed by atoms with Crippen LogP contribution in [0.15, 0.2) is 42.6 Å². The third-order valence-corrected chi connectivity index (χ3v) is 6.80. The molecule has 0 atom stereocenters. The van der Waals surface area contributed by atoms with Crippen molar-refractivity contribution < 1.29 is 28.6 Å². The summed E-state index contributed by atoms with van der Waals surface area (Å²) in [5.74, 6) is 0.541. The Morgan fingerprint density at radius 3 is 2.04 bits per heavy atom. The van der Waals surface area contributed by atoms with Gasteiger partial charge in [-0.2, -0.15) is 0 Å². The summed E-state index contributed by atoms with van der Waals surface area (Å²) in [4.78, 5) is 48.0. The lowest BCUT2D eigenvalue weighted by Gasteiger charge is -2.28. The number of nitrogens with one attached hydrogen (secondary N) is 1. The van der Waals surface area contributed by atoms with Crippen LogP contribution in [0.4, 0.5) is 14.4 Å². The van der Waals surface area contributed by atoms with Gasteiger partial charge in [-0.3, -0.25) is 4.98 Å². The summed E-state index contributed by atoms with van der Waals surface area (Å²) in [6.45, 7) is 17.0. The third kappa shape index (κ3) is 12.6. The Hall–Kier alpha value is -3.99. The van der Waals surface area contributed by atoms with E-state index in [0.717, 1.165) is 4.90 Å². The van der Waals surface area contributed by atoms with Gasteiger partial charge in [0.15, 0.2) is 0 Å². The summed E-state index contributed by atoms with van der Waals surface area (Å²) < 4.78 is 17.8. The van der Waals surface area contributed by atoms with Crippen molar-refractivity contribution in [3.8, 4) is 0 Å². The minimum atomic E-state index is -0.738. The highest BCUT2D eigenvalue weighted by atomic mass is 16.6. The van der Waals surface area contributed by atoms with E-state index in [0.29, 0.717) is 42.8 Å². The van der Waals surface area contributed by atoms with Gasteiger partial charge in [-0.1, -0.05) is 18.2 Å². The van der Waals surface area contributed by atoms with Crippen molar-refractivity contribution in [1.29, 1.82) is 0 Å². The SMILES string of the molecule is CC(C)(C)OC(=O)N(CCCCNCc1nc2ccccc2n1C(=O)OC(C)(C)C)C(=O)OC(C)(C)C.c1cnc2c(c1)CCCC2. The summed E-state index contributed by atoms with van der Waals surface area (Å²) in [5, 5.41) is 3.29. The predicted molar refractivity (Wildman–Crippen MR) is 182 cm³/mol. The predicted octanol–water partition coefficient (Wildman–Crippen LogP) is 7.82. The fraction of sp³-hybridized carbons (Fsp3) is 0.583. The summed E-state index contributed by atoms with van der Waals surface area (Å²) in [5.41, 5.74) is 2.06. The Balaban J connectivity index is 0.000000502. The molecule has 2 heterocycles. The summed E-state index contributed by atoms with van der Waals surface area (Å²) in [6.07, 6.45) is 6.24. The number of hydrogen-bond acceptors (Lipinski definition) is 9. The number of unbranched alkanes of at least 4 members (excludes halogenated alkanes) is 1. The van der Waals surface area contributed by atoms with Crippen LogP contribution in [-0.2, 0) is 33.6 Å². The van der Waals surface area contributed by atoms with Gasteiger partial charge in [0.05, 0.1) is 17.6 Å². The van der Waals surface area contributed by atoms with Crippen LogP contribution in [0.25, 0.3) is 11.0 Å². The highest BCUT2D eigenvalue weighted by Gasteiger charge is 2.31. The monoisotopic (exact) mass is 651 g/mol. The van der Waals surface area contributed by atoms with Crippen LogP contribution in [-0.4, -0.2) is 67.6 Å². The molecular weight excluding hydrogens is 598 g/mol. The molecule has 0 spiro atoms. The van der Waals surface area contributed by atoms with Gasteiger partial charge in [-0.15, -0.1) is 0 Å². The van der Waals surface area contributed by atoms with E-state index < -0.39 is 35.1 Å². The number of hydrogen-bond donors (Lipinski definition) is 1. The standard InChI is InChI=1S/C27H42N4O6.C9H11N/c1-25(2,3)35-22(32)30(23(33)36-26(4,5)6)17-13-12-16-28-18-21-29-19-14-10-11-15-20(19)31(21)24(34)37-27(7,8)9;1-2-6-9-8(4-1)5-3-7-10-9/h10-11,14-15,28H,12-13,16-18H2,1-9H3;3,5,7H,1-2,4,6H2. The number of aryl methyl sites for hydroxylation is 2. The molecule has 1 aliphatic carbocycles. The largest absolute Gasteiger partial charge is 0.443 e. The fourth-order valence-corrected chi connectivity index (χ4v) is 4.85. The van der Waals surface area contributed by atoms with Crippen LogP contribution < -0.4 is 5.32 Å². The minimum Gasteiger partial charge on any atom is -0.443 e. The normalized spacial score (nSPS) is 13.2. The van der Waals surface area contributed by atoms with E-state index in [2.05, 4.69) is 21.4 Å². The van der Waals surface area contributed by atoms with Gasteiger partial charge in [0.25, 0.3) is 0 Å². The van der Waals surface area contributed by atoms with Crippen LogP contribution in [0.1, 0.15) is 105 Å². The lowest BCUT2D eigenvalue weighted by molar-refractivity contribution is 0.00116. The summed E-state index contributed by atoms with van der Waals surface area (Å²) >= 11 is 0. The first-order valence-corrected chi connectivity index (χ1v) is 16.5. The highest BCUT2D eigenvalue weighted by Crippen LogP contribution is 2.20. The number of para-hydroxylation sites is 2. The van der Waals surface area contributed by atoms with E-state index in [1.807, 2.05) is 57.3 Å². The number of pyridine rings is 1. The molecule has 0 unspecified atom stereocenters. The number of nitrogens with zero attached hydrogens (tertiary/aromatic N) is 4. The van der Waals surface area contributed by atoms with Crippen molar-refractivity contribution in [2.45, 2.75) is 124 Å². The van der Waals surface area contributed by atoms with Crippen LogP contribution in [0.5, 0.6) is 0 Å². The molecule has 258 valence electrons. The first-order valence-electron chi connectivity index (χ1n) is 16.5. The molecular formula is C36H53N5O6. The van der Waals surface area contributed by atoms with Gasteiger partial charge in [-0.25, -0.2) is 28.8 Å². The Labute approximate surface area is 279 Å². The maximum atomic E-state index is 12.9. The van der Waals surface area contributed by atoms with E-state index in [1.54, 1.807) is 41.5 Å². The number of aromatic nitrogens is 3. The highest BCUT2D eigenvalue weighted by molar-refractivity contribution is 5.88. The maximum absolute atomic E-state index is 12.9. The number of amides is 2. The van der Waals surface area contributed by atoms with E-state index in [-0.39, 0.29) is 6.54 Å². The fourth-order valence-electron chi connectivity index (χ4n) is 4.85. The molecule has 0 saturated heterocycles. The van der Waals surface area contributed by atoms with Crippen molar-refractivity contribution >= 4 is 29.3 Å². The molecule has 11 nitrogen and oxygen atoms in total. The van der Waals surface area contributed by atoms with E-state index in [1.165, 1.54) is 41.5 Å². The molecule has 3 aromatic rings. The zero-order valence-electron chi connectivity index (χ0n) is 29.6. The average molecular weight is 652 g/mol. The Morgan fingerprint density at radius 1 is 0.809 bits per heavy atom. The maximum Gasteiger partial charge on any atom is 0.420 e. The molecule has 1 aromatic carbocycles. The average Bonchev–Trinajstić information content (AvgIpc) is 3.33. The minimum absolute atomic E-state index is 0.155. The van der Waals surface area contributed by atoms with Gasteiger partial charge in [0.1, 0.15) is 22.6 Å². The quantitative estimate of drug-likeness (QED) is 0.201. The van der Waals surface area contributed by atoms with Crippen LogP contribution in [0.2, 0.25) is 0 Å². The van der Waals surface area contributed by atoms with Gasteiger partial charge in [-0.05, 0) is 131 Å². The number of carbonyl (C=O) groups excluding carboxylic acids is 3. The second-order valence-electron chi connectivity index (χ2n) is 14.6. The molecule has 0 radical (unpaired) electrons. The lowest BCUT2D eigenvalue weighted by atomic mass is 9.96. The van der Waals surface area contributed by atoms with Gasteiger partial charge >= 0.3 is 18.3 Å². The van der Waals surface area contributed by atoms with Crippen molar-refractivity contribution in [2.75, 3.05) is 13.1 Å². The number of carbonyl (C=O) groups is 3. The van der Waals surface area contributed by atoms with Crippen molar-refractivity contribution in [2.24, 2.45) is 0 Å². The topological polar surface area (TPSA) is 125 Å².